The van der Waals surface area contributed by atoms with E-state index < -0.39 is 6.04 Å². The molecule has 0 saturated heterocycles. The first kappa shape index (κ1) is 21.6. The molecule has 0 fully saturated rings. The third-order valence-corrected chi connectivity index (χ3v) is 5.32. The van der Waals surface area contributed by atoms with Gasteiger partial charge in [0.15, 0.2) is 24.1 Å². The van der Waals surface area contributed by atoms with Crippen molar-refractivity contribution in [3.8, 4) is 11.5 Å². The number of carbonyl (C=O) groups excluding carboxylic acids is 2. The number of fused-ring (bicyclic) bond motifs is 1. The summed E-state index contributed by atoms with van der Waals surface area (Å²) in [6, 6.07) is 8.99. The zero-order valence-corrected chi connectivity index (χ0v) is 18.2. The highest BCUT2D eigenvalue weighted by Gasteiger charge is 2.25. The quantitative estimate of drug-likeness (QED) is 0.677. The topological polar surface area (TPSA) is 81.1 Å². The van der Waals surface area contributed by atoms with Gasteiger partial charge in [-0.25, -0.2) is 0 Å². The van der Waals surface area contributed by atoms with Crippen molar-refractivity contribution in [3.05, 3.63) is 47.0 Å². The maximum Gasteiger partial charge on any atom is 0.282 e. The highest BCUT2D eigenvalue weighted by Crippen LogP contribution is 2.32. The average molecular weight is 413 g/mol. The van der Waals surface area contributed by atoms with Crippen molar-refractivity contribution in [2.24, 2.45) is 0 Å². The predicted octanol–water partition coefficient (Wildman–Crippen LogP) is 1.86. The SMILES string of the molecule is Cc1cc(C)c(NC(=O)C[NH+](C)[C@@H](C)C(=O)Nc2ccc3c(c2)OCCO3)c(C)c1. The maximum atomic E-state index is 12.7. The number of hydrogen-bond donors (Lipinski definition) is 3. The molecule has 3 rings (SSSR count). The number of amides is 2. The molecule has 2 aromatic carbocycles. The van der Waals surface area contributed by atoms with Crippen molar-refractivity contribution in [2.75, 3.05) is 37.4 Å². The molecule has 1 aliphatic rings. The number of aryl methyl sites for hydroxylation is 3. The number of nitrogens with one attached hydrogen (secondary N) is 3. The minimum Gasteiger partial charge on any atom is -0.486 e. The van der Waals surface area contributed by atoms with Crippen LogP contribution in [0, 0.1) is 20.8 Å². The van der Waals surface area contributed by atoms with Gasteiger partial charge in [0, 0.05) is 17.4 Å². The number of anilines is 2. The van der Waals surface area contributed by atoms with Gasteiger partial charge in [-0.3, -0.25) is 9.59 Å². The second-order valence-electron chi connectivity index (χ2n) is 7.91. The summed E-state index contributed by atoms with van der Waals surface area (Å²) in [5.74, 6) is 1.00. The molecule has 0 saturated carbocycles. The molecule has 0 spiro atoms. The lowest BCUT2D eigenvalue weighted by Crippen LogP contribution is -3.14. The summed E-state index contributed by atoms with van der Waals surface area (Å²) >= 11 is 0. The lowest BCUT2D eigenvalue weighted by molar-refractivity contribution is -0.885. The van der Waals surface area contributed by atoms with E-state index >= 15 is 0 Å². The predicted molar refractivity (Wildman–Crippen MR) is 117 cm³/mol. The number of benzene rings is 2. The van der Waals surface area contributed by atoms with Gasteiger partial charge in [-0.05, 0) is 51.0 Å². The van der Waals surface area contributed by atoms with Gasteiger partial charge in [0.05, 0.1) is 7.05 Å². The van der Waals surface area contributed by atoms with Gasteiger partial charge in [0.25, 0.3) is 11.8 Å². The van der Waals surface area contributed by atoms with Crippen LogP contribution in [0.4, 0.5) is 11.4 Å². The number of hydrogen-bond acceptors (Lipinski definition) is 4. The summed E-state index contributed by atoms with van der Waals surface area (Å²) in [5, 5.41) is 5.89. The molecule has 2 atom stereocenters. The second-order valence-corrected chi connectivity index (χ2v) is 7.91. The van der Waals surface area contributed by atoms with Gasteiger partial charge < -0.3 is 25.0 Å². The lowest BCUT2D eigenvalue weighted by atomic mass is 10.1. The van der Waals surface area contributed by atoms with E-state index in [1.807, 2.05) is 40.0 Å². The van der Waals surface area contributed by atoms with E-state index in [9.17, 15) is 9.59 Å². The fourth-order valence-electron chi connectivity index (χ4n) is 3.56. The first-order valence-corrected chi connectivity index (χ1v) is 10.1. The molecule has 2 amide bonds. The highest BCUT2D eigenvalue weighted by atomic mass is 16.6. The van der Waals surface area contributed by atoms with E-state index in [1.54, 1.807) is 25.1 Å². The zero-order valence-electron chi connectivity index (χ0n) is 18.2. The third-order valence-electron chi connectivity index (χ3n) is 5.32. The minimum absolute atomic E-state index is 0.124. The van der Waals surface area contributed by atoms with E-state index in [0.717, 1.165) is 27.3 Å². The van der Waals surface area contributed by atoms with E-state index in [0.29, 0.717) is 30.4 Å². The van der Waals surface area contributed by atoms with Crippen LogP contribution in [-0.2, 0) is 9.59 Å². The van der Waals surface area contributed by atoms with Gasteiger partial charge in [0.2, 0.25) is 0 Å². The van der Waals surface area contributed by atoms with Crippen LogP contribution in [0.15, 0.2) is 30.3 Å². The highest BCUT2D eigenvalue weighted by molar-refractivity contribution is 5.95. The Morgan fingerprint density at radius 1 is 1.00 bits per heavy atom. The van der Waals surface area contributed by atoms with Crippen molar-refractivity contribution in [2.45, 2.75) is 33.7 Å². The first-order chi connectivity index (χ1) is 14.2. The van der Waals surface area contributed by atoms with Crippen molar-refractivity contribution >= 4 is 23.2 Å². The van der Waals surface area contributed by atoms with Crippen molar-refractivity contribution in [3.63, 3.8) is 0 Å². The van der Waals surface area contributed by atoms with E-state index in [-0.39, 0.29) is 18.4 Å². The third kappa shape index (κ3) is 5.10. The van der Waals surface area contributed by atoms with Crippen molar-refractivity contribution in [1.82, 2.24) is 0 Å². The van der Waals surface area contributed by atoms with Gasteiger partial charge in [-0.1, -0.05) is 17.7 Å². The molecule has 1 aliphatic heterocycles. The van der Waals surface area contributed by atoms with Crippen LogP contribution in [0.25, 0.3) is 0 Å². The molecule has 7 nitrogen and oxygen atoms in total. The Bertz CT molecular complexity index is 934. The second kappa shape index (κ2) is 9.17. The van der Waals surface area contributed by atoms with Crippen LogP contribution in [-0.4, -0.2) is 44.7 Å². The Morgan fingerprint density at radius 3 is 2.30 bits per heavy atom. The van der Waals surface area contributed by atoms with E-state index in [4.69, 9.17) is 9.47 Å². The van der Waals surface area contributed by atoms with Crippen LogP contribution in [0.1, 0.15) is 23.6 Å². The number of carbonyl (C=O) groups is 2. The Hall–Kier alpha value is -3.06. The minimum atomic E-state index is -0.413. The van der Waals surface area contributed by atoms with Crippen molar-refractivity contribution in [1.29, 1.82) is 0 Å². The summed E-state index contributed by atoms with van der Waals surface area (Å²) in [6.45, 7) is 8.99. The fourth-order valence-corrected chi connectivity index (χ4v) is 3.56. The Labute approximate surface area is 177 Å². The van der Waals surface area contributed by atoms with Crippen LogP contribution < -0.4 is 25.0 Å². The summed E-state index contributed by atoms with van der Waals surface area (Å²) in [7, 11) is 1.84. The summed E-state index contributed by atoms with van der Waals surface area (Å²) < 4.78 is 11.1. The van der Waals surface area contributed by atoms with Crippen LogP contribution in [0.5, 0.6) is 11.5 Å². The molecular formula is C23H30N3O4+. The average Bonchev–Trinajstić information content (AvgIpc) is 2.69. The molecule has 160 valence electrons. The largest absolute Gasteiger partial charge is 0.486 e. The van der Waals surface area contributed by atoms with E-state index in [2.05, 4.69) is 10.6 Å². The monoisotopic (exact) mass is 412 g/mol. The van der Waals surface area contributed by atoms with Crippen LogP contribution in [0.3, 0.4) is 0 Å². The molecule has 2 aromatic rings. The lowest BCUT2D eigenvalue weighted by Gasteiger charge is -2.22. The van der Waals surface area contributed by atoms with Crippen LogP contribution >= 0.6 is 0 Å². The Kier molecular flexibility index (Phi) is 6.62. The number of rotatable bonds is 6. The standard InChI is InChI=1S/C23H29N3O4/c1-14-10-15(2)22(16(3)11-14)25-21(27)13-26(5)17(4)23(28)24-18-6-7-19-20(12-18)30-9-8-29-19/h6-7,10-12,17H,8-9,13H2,1-5H3,(H,24,28)(H,25,27)/p+1/t17-/m0/s1. The van der Waals surface area contributed by atoms with Gasteiger partial charge in [-0.15, -0.1) is 0 Å². The van der Waals surface area contributed by atoms with E-state index in [1.165, 1.54) is 0 Å². The molecule has 0 aliphatic carbocycles. The molecule has 1 heterocycles. The van der Waals surface area contributed by atoms with Gasteiger partial charge in [0.1, 0.15) is 13.2 Å². The number of ether oxygens (including phenoxy) is 2. The molecular weight excluding hydrogens is 382 g/mol. The molecule has 30 heavy (non-hydrogen) atoms. The summed E-state index contributed by atoms with van der Waals surface area (Å²) in [4.78, 5) is 26.0. The maximum absolute atomic E-state index is 12.7. The normalized spacial score (nSPS) is 14.6. The van der Waals surface area contributed by atoms with Crippen molar-refractivity contribution < 1.29 is 24.0 Å². The summed E-state index contributed by atoms with van der Waals surface area (Å²) in [6.07, 6.45) is 0. The first-order valence-electron chi connectivity index (χ1n) is 10.1. The zero-order chi connectivity index (χ0) is 21.8. The van der Waals surface area contributed by atoms with Crippen LogP contribution in [0.2, 0.25) is 0 Å². The molecule has 1 unspecified atom stereocenters. The summed E-state index contributed by atoms with van der Waals surface area (Å²) in [5.41, 5.74) is 4.70. The number of likely N-dealkylation sites (N-methyl/N-ethyl adjacent to an activating group) is 1. The molecule has 0 aromatic heterocycles. The fraction of sp³-hybridized carbons (Fsp3) is 0.391. The van der Waals surface area contributed by atoms with Gasteiger partial charge >= 0.3 is 0 Å². The van der Waals surface area contributed by atoms with Gasteiger partial charge in [-0.2, -0.15) is 0 Å². The molecule has 3 N–H and O–H groups in total. The molecule has 7 heteroatoms. The smallest absolute Gasteiger partial charge is 0.282 e. The molecule has 0 bridgehead atoms. The molecule has 0 radical (unpaired) electrons. The Morgan fingerprint density at radius 2 is 1.63 bits per heavy atom. The Balaban J connectivity index is 1.58. The number of quaternary nitrogens is 1.